The van der Waals surface area contributed by atoms with E-state index in [-0.39, 0.29) is 0 Å². The molecule has 2 N–H and O–H groups in total. The van der Waals surface area contributed by atoms with Gasteiger partial charge in [-0.25, -0.2) is 0 Å². The van der Waals surface area contributed by atoms with Crippen molar-refractivity contribution in [1.29, 1.82) is 0 Å². The van der Waals surface area contributed by atoms with E-state index in [0.29, 0.717) is 23.3 Å². The number of halogens is 1. The van der Waals surface area contributed by atoms with Gasteiger partial charge < -0.3 is 10.6 Å². The van der Waals surface area contributed by atoms with E-state index in [1.54, 1.807) is 6.20 Å². The van der Waals surface area contributed by atoms with Gasteiger partial charge in [0.15, 0.2) is 5.82 Å². The molecule has 0 saturated carbocycles. The maximum atomic E-state index is 6.12. The predicted octanol–water partition coefficient (Wildman–Crippen LogP) is 4.19. The van der Waals surface area contributed by atoms with Crippen molar-refractivity contribution in [3.8, 4) is 0 Å². The van der Waals surface area contributed by atoms with Crippen LogP contribution in [0.5, 0.6) is 0 Å². The van der Waals surface area contributed by atoms with Crippen LogP contribution in [-0.4, -0.2) is 15.2 Å². The minimum Gasteiger partial charge on any atom is -0.365 e. The van der Waals surface area contributed by atoms with Crippen LogP contribution in [0.4, 0.5) is 17.5 Å². The molecule has 0 spiro atoms. The second-order valence-corrected chi connectivity index (χ2v) is 5.45. The van der Waals surface area contributed by atoms with E-state index in [1.165, 1.54) is 5.56 Å². The lowest BCUT2D eigenvalue weighted by molar-refractivity contribution is 0.965. The minimum absolute atomic E-state index is 0.424. The molecule has 3 aromatic rings. The Morgan fingerprint density at radius 3 is 2.70 bits per heavy atom. The van der Waals surface area contributed by atoms with Crippen LogP contribution in [0.25, 0.3) is 0 Å². The maximum Gasteiger partial charge on any atom is 0.249 e. The Kier molecular flexibility index (Phi) is 4.68. The van der Waals surface area contributed by atoms with Crippen LogP contribution in [0, 0.1) is 6.92 Å². The highest BCUT2D eigenvalue weighted by molar-refractivity contribution is 6.31. The topological polar surface area (TPSA) is 62.7 Å². The van der Waals surface area contributed by atoms with Crippen molar-refractivity contribution in [2.45, 2.75) is 13.5 Å². The van der Waals surface area contributed by atoms with Gasteiger partial charge in [0.1, 0.15) is 0 Å². The normalized spacial score (nSPS) is 10.3. The summed E-state index contributed by atoms with van der Waals surface area (Å²) in [6.07, 6.45) is 1.60. The zero-order valence-electron chi connectivity index (χ0n) is 12.6. The van der Waals surface area contributed by atoms with Gasteiger partial charge in [0.05, 0.1) is 6.20 Å². The van der Waals surface area contributed by atoms with Crippen molar-refractivity contribution < 1.29 is 0 Å². The second kappa shape index (κ2) is 7.07. The first-order valence-electron chi connectivity index (χ1n) is 7.22. The molecule has 1 aromatic heterocycles. The maximum absolute atomic E-state index is 6.12. The Labute approximate surface area is 139 Å². The van der Waals surface area contributed by atoms with E-state index in [4.69, 9.17) is 11.6 Å². The van der Waals surface area contributed by atoms with Gasteiger partial charge >= 0.3 is 0 Å². The number of hydrogen-bond donors (Lipinski definition) is 2. The van der Waals surface area contributed by atoms with Crippen LogP contribution in [0.1, 0.15) is 11.1 Å². The fraction of sp³-hybridized carbons (Fsp3) is 0.118. The Balaban J connectivity index is 1.71. The molecule has 2 aromatic carbocycles. The average molecular weight is 326 g/mol. The summed E-state index contributed by atoms with van der Waals surface area (Å²) in [7, 11) is 0. The summed E-state index contributed by atoms with van der Waals surface area (Å²) >= 11 is 6.12. The largest absolute Gasteiger partial charge is 0.365 e. The number of nitrogens with one attached hydrogen (secondary N) is 2. The summed E-state index contributed by atoms with van der Waals surface area (Å²) in [5.41, 5.74) is 2.98. The Bertz CT molecular complexity index is 792. The van der Waals surface area contributed by atoms with Crippen LogP contribution in [0.3, 0.4) is 0 Å². The average Bonchev–Trinajstić information content (AvgIpc) is 2.59. The molecule has 6 heteroatoms. The number of aromatic nitrogens is 3. The van der Waals surface area contributed by atoms with Gasteiger partial charge in [-0.1, -0.05) is 48.0 Å². The number of anilines is 3. The molecule has 23 heavy (non-hydrogen) atoms. The van der Waals surface area contributed by atoms with E-state index in [1.807, 2.05) is 43.3 Å². The van der Waals surface area contributed by atoms with Gasteiger partial charge in [-0.3, -0.25) is 0 Å². The van der Waals surface area contributed by atoms with E-state index in [9.17, 15) is 0 Å². The van der Waals surface area contributed by atoms with Gasteiger partial charge in [-0.15, -0.1) is 5.10 Å². The predicted molar refractivity (Wildman–Crippen MR) is 93.1 cm³/mol. The van der Waals surface area contributed by atoms with Crippen LogP contribution in [0.2, 0.25) is 5.02 Å². The molecular weight excluding hydrogens is 310 g/mol. The molecule has 5 nitrogen and oxygen atoms in total. The Morgan fingerprint density at radius 2 is 1.87 bits per heavy atom. The molecule has 0 saturated heterocycles. The summed E-state index contributed by atoms with van der Waals surface area (Å²) < 4.78 is 0. The molecule has 0 aliphatic rings. The Morgan fingerprint density at radius 1 is 1.04 bits per heavy atom. The Hall–Kier alpha value is -2.66. The van der Waals surface area contributed by atoms with Gasteiger partial charge in [0.2, 0.25) is 5.95 Å². The first-order chi connectivity index (χ1) is 11.2. The fourth-order valence-corrected chi connectivity index (χ4v) is 2.27. The van der Waals surface area contributed by atoms with E-state index >= 15 is 0 Å². The molecule has 0 unspecified atom stereocenters. The highest BCUT2D eigenvalue weighted by Crippen LogP contribution is 2.24. The third kappa shape index (κ3) is 3.96. The van der Waals surface area contributed by atoms with Crippen LogP contribution < -0.4 is 10.6 Å². The van der Waals surface area contributed by atoms with Gasteiger partial charge in [0.25, 0.3) is 0 Å². The first-order valence-corrected chi connectivity index (χ1v) is 7.60. The lowest BCUT2D eigenvalue weighted by Gasteiger charge is -2.10. The number of nitrogens with zero attached hydrogens (tertiary/aromatic N) is 3. The van der Waals surface area contributed by atoms with Crippen molar-refractivity contribution in [2.24, 2.45) is 0 Å². The quantitative estimate of drug-likeness (QED) is 0.736. The molecule has 1 heterocycles. The molecule has 0 aliphatic carbocycles. The van der Waals surface area contributed by atoms with Crippen LogP contribution in [0.15, 0.2) is 54.7 Å². The van der Waals surface area contributed by atoms with Crippen molar-refractivity contribution in [3.63, 3.8) is 0 Å². The third-order valence-electron chi connectivity index (χ3n) is 3.39. The summed E-state index contributed by atoms with van der Waals surface area (Å²) in [5.74, 6) is 1.08. The molecule has 0 aliphatic heterocycles. The number of benzene rings is 2. The fourth-order valence-electron chi connectivity index (χ4n) is 2.09. The molecule has 0 amide bonds. The van der Waals surface area contributed by atoms with Crippen molar-refractivity contribution in [3.05, 3.63) is 70.9 Å². The highest BCUT2D eigenvalue weighted by Gasteiger charge is 2.05. The summed E-state index contributed by atoms with van der Waals surface area (Å²) in [6.45, 7) is 2.62. The second-order valence-electron chi connectivity index (χ2n) is 5.04. The first kappa shape index (κ1) is 15.2. The summed E-state index contributed by atoms with van der Waals surface area (Å²) in [6, 6.07) is 15.8. The van der Waals surface area contributed by atoms with Crippen LogP contribution >= 0.6 is 11.6 Å². The van der Waals surface area contributed by atoms with Gasteiger partial charge in [-0.2, -0.15) is 10.1 Å². The smallest absolute Gasteiger partial charge is 0.249 e. The zero-order valence-corrected chi connectivity index (χ0v) is 13.4. The number of rotatable bonds is 5. The lowest BCUT2D eigenvalue weighted by Crippen LogP contribution is -2.06. The van der Waals surface area contributed by atoms with Gasteiger partial charge in [-0.05, 0) is 30.2 Å². The van der Waals surface area contributed by atoms with Crippen molar-refractivity contribution in [1.82, 2.24) is 15.2 Å². The van der Waals surface area contributed by atoms with E-state index in [2.05, 4.69) is 37.9 Å². The minimum atomic E-state index is 0.424. The molecule has 0 bridgehead atoms. The lowest BCUT2D eigenvalue weighted by atomic mass is 10.2. The number of hydrogen-bond acceptors (Lipinski definition) is 5. The zero-order chi connectivity index (χ0) is 16.1. The monoisotopic (exact) mass is 325 g/mol. The third-order valence-corrected chi connectivity index (χ3v) is 3.80. The standard InChI is InChI=1S/C17H16ClN5/c1-12-14(18)8-5-9-15(12)21-17-22-16(11-20-23-17)19-10-13-6-3-2-4-7-13/h2-9,11H,10H2,1H3,(H2,19,21,22,23). The molecule has 3 rings (SSSR count). The van der Waals surface area contributed by atoms with E-state index < -0.39 is 0 Å². The SMILES string of the molecule is Cc1c(Cl)cccc1Nc1nncc(NCc2ccccc2)n1. The summed E-state index contributed by atoms with van der Waals surface area (Å²) in [5, 5.41) is 15.1. The van der Waals surface area contributed by atoms with Gasteiger partial charge in [0, 0.05) is 17.3 Å². The van der Waals surface area contributed by atoms with Crippen molar-refractivity contribution >= 4 is 29.1 Å². The summed E-state index contributed by atoms with van der Waals surface area (Å²) in [4.78, 5) is 4.41. The molecular formula is C17H16ClN5. The van der Waals surface area contributed by atoms with E-state index in [0.717, 1.165) is 11.3 Å². The molecule has 0 radical (unpaired) electrons. The molecule has 0 fully saturated rings. The molecule has 0 atom stereocenters. The van der Waals surface area contributed by atoms with Crippen molar-refractivity contribution in [2.75, 3.05) is 10.6 Å². The highest BCUT2D eigenvalue weighted by atomic mass is 35.5. The van der Waals surface area contributed by atoms with Crippen LogP contribution in [-0.2, 0) is 6.54 Å². The molecule has 116 valence electrons.